The lowest BCUT2D eigenvalue weighted by atomic mass is 9.89. The van der Waals surface area contributed by atoms with Crippen molar-refractivity contribution < 1.29 is 9.53 Å². The molecule has 0 aliphatic heterocycles. The first-order valence-corrected chi connectivity index (χ1v) is 7.09. The van der Waals surface area contributed by atoms with Crippen LogP contribution in [0.4, 0.5) is 0 Å². The number of aryl methyl sites for hydroxylation is 1. The molecular weight excluding hydrogens is 264 g/mol. The van der Waals surface area contributed by atoms with E-state index in [4.69, 9.17) is 16.3 Å². The summed E-state index contributed by atoms with van der Waals surface area (Å²) in [4.78, 5) is 16.2. The number of nitrogens with zero attached hydrogens (tertiary/aromatic N) is 1. The number of ether oxygens (including phenoxy) is 1. The number of pyridine rings is 1. The van der Waals surface area contributed by atoms with Crippen LogP contribution in [0.15, 0.2) is 12.1 Å². The Morgan fingerprint density at radius 1 is 1.47 bits per heavy atom. The molecule has 4 nitrogen and oxygen atoms in total. The second kappa shape index (κ2) is 6.35. The highest BCUT2D eigenvalue weighted by Crippen LogP contribution is 2.23. The number of hydrogen-bond donors (Lipinski definition) is 1. The summed E-state index contributed by atoms with van der Waals surface area (Å²) < 4.78 is 5.47. The molecule has 0 saturated heterocycles. The Kier molecular flexibility index (Phi) is 4.77. The number of halogens is 1. The summed E-state index contributed by atoms with van der Waals surface area (Å²) in [5, 5.41) is 3.36. The van der Waals surface area contributed by atoms with Crippen molar-refractivity contribution in [1.82, 2.24) is 10.3 Å². The normalized spacial score (nSPS) is 21.8. The molecule has 1 N–H and O–H groups in total. The second-order valence-corrected chi connectivity index (χ2v) is 5.13. The van der Waals surface area contributed by atoms with Crippen LogP contribution in [0.25, 0.3) is 0 Å². The predicted molar refractivity (Wildman–Crippen MR) is 74.5 cm³/mol. The first-order chi connectivity index (χ1) is 9.12. The molecule has 2 rings (SSSR count). The van der Waals surface area contributed by atoms with E-state index in [1.807, 2.05) is 13.8 Å². The lowest BCUT2D eigenvalue weighted by Gasteiger charge is -2.35. The maximum atomic E-state index is 12.1. The van der Waals surface area contributed by atoms with Gasteiger partial charge in [-0.1, -0.05) is 18.5 Å². The molecule has 1 aliphatic rings. The summed E-state index contributed by atoms with van der Waals surface area (Å²) in [6, 6.07) is 3.61. The van der Waals surface area contributed by atoms with Crippen molar-refractivity contribution in [2.75, 3.05) is 6.61 Å². The van der Waals surface area contributed by atoms with Crippen LogP contribution >= 0.6 is 11.6 Å². The largest absolute Gasteiger partial charge is 0.378 e. The van der Waals surface area contributed by atoms with Gasteiger partial charge in [-0.3, -0.25) is 4.79 Å². The van der Waals surface area contributed by atoms with Gasteiger partial charge >= 0.3 is 0 Å². The first kappa shape index (κ1) is 14.3. The van der Waals surface area contributed by atoms with Gasteiger partial charge in [0.15, 0.2) is 0 Å². The van der Waals surface area contributed by atoms with Crippen LogP contribution < -0.4 is 5.32 Å². The lowest BCUT2D eigenvalue weighted by Crippen LogP contribution is -2.47. The Bertz CT molecular complexity index is 459. The quantitative estimate of drug-likeness (QED) is 0.845. The van der Waals surface area contributed by atoms with Crippen LogP contribution in [0.3, 0.4) is 0 Å². The summed E-state index contributed by atoms with van der Waals surface area (Å²) in [5.41, 5.74) is 1.41. The van der Waals surface area contributed by atoms with Gasteiger partial charge in [0.1, 0.15) is 5.15 Å². The van der Waals surface area contributed by atoms with Crippen molar-refractivity contribution in [2.24, 2.45) is 0 Å². The molecule has 0 unspecified atom stereocenters. The molecule has 0 spiro atoms. The van der Waals surface area contributed by atoms with E-state index in [0.29, 0.717) is 16.8 Å². The minimum Gasteiger partial charge on any atom is -0.378 e. The van der Waals surface area contributed by atoms with Crippen molar-refractivity contribution in [3.8, 4) is 0 Å². The molecule has 5 heteroatoms. The highest BCUT2D eigenvalue weighted by molar-refractivity contribution is 6.29. The van der Waals surface area contributed by atoms with Crippen molar-refractivity contribution >= 4 is 17.5 Å². The molecule has 1 amide bonds. The summed E-state index contributed by atoms with van der Waals surface area (Å²) in [6.45, 7) is 4.70. The van der Waals surface area contributed by atoms with Gasteiger partial charge in [0.2, 0.25) is 0 Å². The summed E-state index contributed by atoms with van der Waals surface area (Å²) in [7, 11) is 0. The topological polar surface area (TPSA) is 51.2 Å². The molecule has 1 aromatic rings. The Hall–Kier alpha value is -1.13. The Morgan fingerprint density at radius 3 is 2.84 bits per heavy atom. The molecule has 1 aliphatic carbocycles. The maximum absolute atomic E-state index is 12.1. The number of rotatable bonds is 5. The average molecular weight is 283 g/mol. The van der Waals surface area contributed by atoms with Crippen LogP contribution in [0.5, 0.6) is 0 Å². The zero-order chi connectivity index (χ0) is 13.8. The predicted octanol–water partition coefficient (Wildman–Crippen LogP) is 2.59. The average Bonchev–Trinajstić information content (AvgIpc) is 2.35. The number of nitrogens with one attached hydrogen (secondary N) is 1. The number of hydrogen-bond acceptors (Lipinski definition) is 3. The highest BCUT2D eigenvalue weighted by atomic mass is 35.5. The Morgan fingerprint density at radius 2 is 2.21 bits per heavy atom. The maximum Gasteiger partial charge on any atom is 0.251 e. The fourth-order valence-corrected chi connectivity index (χ4v) is 2.41. The third-order valence-corrected chi connectivity index (χ3v) is 3.50. The molecule has 104 valence electrons. The van der Waals surface area contributed by atoms with Gasteiger partial charge in [0.25, 0.3) is 5.91 Å². The molecule has 0 aromatic carbocycles. The minimum atomic E-state index is -0.0843. The monoisotopic (exact) mass is 282 g/mol. The zero-order valence-corrected chi connectivity index (χ0v) is 12.0. The Labute approximate surface area is 118 Å². The van der Waals surface area contributed by atoms with Crippen molar-refractivity contribution in [3.05, 3.63) is 28.5 Å². The van der Waals surface area contributed by atoms with Gasteiger partial charge in [-0.25, -0.2) is 4.98 Å². The van der Waals surface area contributed by atoms with E-state index in [1.165, 1.54) is 0 Å². The van der Waals surface area contributed by atoms with Crippen molar-refractivity contribution in [2.45, 2.75) is 45.3 Å². The summed E-state index contributed by atoms with van der Waals surface area (Å²) >= 11 is 5.91. The standard InChI is InChI=1S/C14H19ClN2O2/c1-3-10-5-9(6-13(15)16-10)14(18)17-11-7-12(8-11)19-4-2/h5-6,11-12H,3-4,7-8H2,1-2H3,(H,17,18). The van der Waals surface area contributed by atoms with Crippen LogP contribution in [0, 0.1) is 0 Å². The van der Waals surface area contributed by atoms with E-state index in [-0.39, 0.29) is 11.9 Å². The molecular formula is C14H19ClN2O2. The second-order valence-electron chi connectivity index (χ2n) is 4.74. The molecule has 0 radical (unpaired) electrons. The summed E-state index contributed by atoms with van der Waals surface area (Å²) in [6.07, 6.45) is 2.83. The molecule has 1 saturated carbocycles. The van der Waals surface area contributed by atoms with Gasteiger partial charge in [-0.2, -0.15) is 0 Å². The fraction of sp³-hybridized carbons (Fsp3) is 0.571. The van der Waals surface area contributed by atoms with E-state index in [1.54, 1.807) is 12.1 Å². The van der Waals surface area contributed by atoms with Crippen molar-refractivity contribution in [1.29, 1.82) is 0 Å². The number of carbonyl (C=O) groups is 1. The van der Waals surface area contributed by atoms with Crippen LogP contribution in [-0.4, -0.2) is 29.6 Å². The van der Waals surface area contributed by atoms with E-state index in [2.05, 4.69) is 10.3 Å². The number of carbonyl (C=O) groups excluding carboxylic acids is 1. The van der Waals surface area contributed by atoms with Gasteiger partial charge in [0, 0.05) is 23.9 Å². The molecule has 19 heavy (non-hydrogen) atoms. The lowest BCUT2D eigenvalue weighted by molar-refractivity contribution is -0.00862. The van der Waals surface area contributed by atoms with E-state index >= 15 is 0 Å². The number of aromatic nitrogens is 1. The van der Waals surface area contributed by atoms with Gasteiger partial charge in [-0.05, 0) is 38.3 Å². The third-order valence-electron chi connectivity index (χ3n) is 3.30. The first-order valence-electron chi connectivity index (χ1n) is 6.71. The fourth-order valence-electron chi connectivity index (χ4n) is 2.19. The van der Waals surface area contributed by atoms with Gasteiger partial charge < -0.3 is 10.1 Å². The summed E-state index contributed by atoms with van der Waals surface area (Å²) in [5.74, 6) is -0.0843. The third kappa shape index (κ3) is 3.67. The van der Waals surface area contributed by atoms with Crippen LogP contribution in [0.1, 0.15) is 42.7 Å². The SMILES string of the molecule is CCOC1CC(NC(=O)c2cc(Cl)nc(CC)c2)C1. The molecule has 0 atom stereocenters. The smallest absolute Gasteiger partial charge is 0.251 e. The molecule has 0 bridgehead atoms. The minimum absolute atomic E-state index is 0.0843. The van der Waals surface area contributed by atoms with Crippen molar-refractivity contribution in [3.63, 3.8) is 0 Å². The molecule has 1 heterocycles. The van der Waals surface area contributed by atoms with E-state index < -0.39 is 0 Å². The zero-order valence-electron chi connectivity index (χ0n) is 11.3. The van der Waals surface area contributed by atoms with Gasteiger partial charge in [0.05, 0.1) is 6.10 Å². The Balaban J connectivity index is 1.92. The molecule has 1 fully saturated rings. The highest BCUT2D eigenvalue weighted by Gasteiger charge is 2.30. The van der Waals surface area contributed by atoms with Crippen LogP contribution in [0.2, 0.25) is 5.15 Å². The van der Waals surface area contributed by atoms with E-state index in [9.17, 15) is 4.79 Å². The van der Waals surface area contributed by atoms with Crippen LogP contribution in [-0.2, 0) is 11.2 Å². The number of amides is 1. The van der Waals surface area contributed by atoms with E-state index in [0.717, 1.165) is 31.6 Å². The van der Waals surface area contributed by atoms with Gasteiger partial charge in [-0.15, -0.1) is 0 Å². The molecule has 1 aromatic heterocycles.